The summed E-state index contributed by atoms with van der Waals surface area (Å²) in [6.45, 7) is 13.0. The molecule has 10 nitrogen and oxygen atoms in total. The lowest BCUT2D eigenvalue weighted by Crippen LogP contribution is -2.60. The van der Waals surface area contributed by atoms with Gasteiger partial charge < -0.3 is 25.1 Å². The monoisotopic (exact) mass is 513 g/mol. The molecule has 0 radical (unpaired) electrons. The highest BCUT2D eigenvalue weighted by Crippen LogP contribution is 2.31. The number of hydrogen-bond donors (Lipinski definition) is 3. The van der Waals surface area contributed by atoms with Crippen LogP contribution < -0.4 is 21.7 Å². The number of fused-ring (bicyclic) bond motifs is 1. The molecule has 4 heterocycles. The Morgan fingerprint density at radius 3 is 2.59 bits per heavy atom. The van der Waals surface area contributed by atoms with Gasteiger partial charge in [-0.25, -0.2) is 14.2 Å². The van der Waals surface area contributed by atoms with E-state index in [2.05, 4.69) is 58.5 Å². The third kappa shape index (κ3) is 6.11. The largest absolute Gasteiger partial charge is 0.419 e. The summed E-state index contributed by atoms with van der Waals surface area (Å²) >= 11 is 0. The van der Waals surface area contributed by atoms with Gasteiger partial charge in [0, 0.05) is 55.1 Å². The van der Waals surface area contributed by atoms with Crippen LogP contribution in [0.3, 0.4) is 0 Å². The molecule has 3 N–H and O–H groups in total. The van der Waals surface area contributed by atoms with E-state index in [4.69, 9.17) is 9.15 Å². The van der Waals surface area contributed by atoms with Crippen LogP contribution in [0.5, 0.6) is 0 Å². The standard InChI is InChI=1S/C26H36FN7O3/c1-25(2)14-18(15-26(3,4)32-25)29-22-19(27)16-28-23(31-22)30-17-5-6-20-21(13-17)37-24(35)34(20)8-7-33-9-11-36-12-10-33/h5-6,13,16,18,32H,7-12,14-15H2,1-4H3,(H2,28,29,30,31). The third-order valence-electron chi connectivity index (χ3n) is 6.94. The van der Waals surface area contributed by atoms with Gasteiger partial charge in [-0.15, -0.1) is 0 Å². The van der Waals surface area contributed by atoms with Crippen LogP contribution in [0.15, 0.2) is 33.6 Å². The van der Waals surface area contributed by atoms with E-state index in [1.165, 1.54) is 0 Å². The van der Waals surface area contributed by atoms with Crippen molar-refractivity contribution in [2.75, 3.05) is 43.5 Å². The average Bonchev–Trinajstić information content (AvgIpc) is 3.12. The number of halogens is 1. The van der Waals surface area contributed by atoms with Crippen molar-refractivity contribution in [3.8, 4) is 0 Å². The topological polar surface area (TPSA) is 109 Å². The Labute approximate surface area is 215 Å². The van der Waals surface area contributed by atoms with Crippen molar-refractivity contribution < 1.29 is 13.5 Å². The molecule has 2 fully saturated rings. The summed E-state index contributed by atoms with van der Waals surface area (Å²) in [5.41, 5.74) is 1.67. The maximum atomic E-state index is 14.6. The highest BCUT2D eigenvalue weighted by Gasteiger charge is 2.38. The van der Waals surface area contributed by atoms with Crippen molar-refractivity contribution in [1.82, 2.24) is 24.8 Å². The van der Waals surface area contributed by atoms with E-state index in [-0.39, 0.29) is 28.9 Å². The molecule has 5 rings (SSSR count). The maximum absolute atomic E-state index is 14.6. The molecule has 1 aromatic carbocycles. The number of aromatic nitrogens is 3. The van der Waals surface area contributed by atoms with Gasteiger partial charge in [0.1, 0.15) is 0 Å². The molecular weight excluding hydrogens is 477 g/mol. The SMILES string of the molecule is CC1(C)CC(Nc2nc(Nc3ccc4c(c3)oc(=O)n4CCN3CCOCC3)ncc2F)CC(C)(C)N1. The lowest BCUT2D eigenvalue weighted by atomic mass is 9.79. The van der Waals surface area contributed by atoms with Gasteiger partial charge in [0.25, 0.3) is 0 Å². The first-order chi connectivity index (χ1) is 17.6. The Balaban J connectivity index is 1.29. The molecule has 37 heavy (non-hydrogen) atoms. The number of benzene rings is 1. The van der Waals surface area contributed by atoms with Gasteiger partial charge in [-0.1, -0.05) is 0 Å². The number of nitrogens with one attached hydrogen (secondary N) is 3. The first kappa shape index (κ1) is 25.6. The van der Waals surface area contributed by atoms with Crippen molar-refractivity contribution in [3.05, 3.63) is 40.8 Å². The Hall–Kier alpha value is -3.02. The van der Waals surface area contributed by atoms with Crippen molar-refractivity contribution in [2.24, 2.45) is 0 Å². The summed E-state index contributed by atoms with van der Waals surface area (Å²) in [5, 5.41) is 10.0. The first-order valence-corrected chi connectivity index (χ1v) is 12.9. The van der Waals surface area contributed by atoms with Gasteiger partial charge in [0.15, 0.2) is 17.2 Å². The molecule has 0 spiro atoms. The van der Waals surface area contributed by atoms with Crippen LogP contribution in [-0.4, -0.2) is 69.4 Å². The van der Waals surface area contributed by atoms with Gasteiger partial charge >= 0.3 is 5.76 Å². The molecule has 2 saturated heterocycles. The zero-order valence-electron chi connectivity index (χ0n) is 21.9. The fourth-order valence-corrected chi connectivity index (χ4v) is 5.70. The highest BCUT2D eigenvalue weighted by molar-refractivity contribution is 5.78. The quantitative estimate of drug-likeness (QED) is 0.438. The Bertz CT molecular complexity index is 1300. The predicted molar refractivity (Wildman–Crippen MR) is 141 cm³/mol. The summed E-state index contributed by atoms with van der Waals surface area (Å²) in [4.78, 5) is 23.3. The fraction of sp³-hybridized carbons (Fsp3) is 0.577. The van der Waals surface area contributed by atoms with Crippen molar-refractivity contribution in [2.45, 2.75) is 64.2 Å². The van der Waals surface area contributed by atoms with E-state index >= 15 is 0 Å². The van der Waals surface area contributed by atoms with Crippen molar-refractivity contribution in [1.29, 1.82) is 0 Å². The van der Waals surface area contributed by atoms with E-state index in [9.17, 15) is 9.18 Å². The second-order valence-corrected chi connectivity index (χ2v) is 11.3. The first-order valence-electron chi connectivity index (χ1n) is 12.9. The fourth-order valence-electron chi connectivity index (χ4n) is 5.70. The van der Waals surface area contributed by atoms with E-state index < -0.39 is 11.6 Å². The second-order valence-electron chi connectivity index (χ2n) is 11.3. The molecule has 2 aromatic heterocycles. The van der Waals surface area contributed by atoms with Crippen LogP contribution in [0.1, 0.15) is 40.5 Å². The molecule has 0 aliphatic carbocycles. The van der Waals surface area contributed by atoms with E-state index in [0.29, 0.717) is 31.0 Å². The molecule has 11 heteroatoms. The van der Waals surface area contributed by atoms with Gasteiger partial charge in [0.05, 0.1) is 24.9 Å². The molecule has 0 unspecified atom stereocenters. The number of nitrogens with zero attached hydrogens (tertiary/aromatic N) is 4. The number of oxazole rings is 1. The minimum atomic E-state index is -0.501. The number of hydrogen-bond acceptors (Lipinski definition) is 9. The number of ether oxygens (including phenoxy) is 1. The molecule has 3 aromatic rings. The predicted octanol–water partition coefficient (Wildman–Crippen LogP) is 3.32. The van der Waals surface area contributed by atoms with E-state index in [1.54, 1.807) is 10.6 Å². The zero-order chi connectivity index (χ0) is 26.2. The molecular formula is C26H36FN7O3. The minimum absolute atomic E-state index is 0.0614. The molecule has 0 bridgehead atoms. The summed E-state index contributed by atoms with van der Waals surface area (Å²) in [7, 11) is 0. The Morgan fingerprint density at radius 1 is 1.14 bits per heavy atom. The number of piperidine rings is 1. The lowest BCUT2D eigenvalue weighted by molar-refractivity contribution is 0.0363. The molecule has 0 atom stereocenters. The van der Waals surface area contributed by atoms with Crippen LogP contribution in [0.4, 0.5) is 21.8 Å². The van der Waals surface area contributed by atoms with E-state index in [0.717, 1.165) is 44.2 Å². The summed E-state index contributed by atoms with van der Waals surface area (Å²) in [5.74, 6) is -0.473. The summed E-state index contributed by atoms with van der Waals surface area (Å²) in [6.07, 6.45) is 2.83. The smallest absolute Gasteiger partial charge is 0.408 e. The van der Waals surface area contributed by atoms with Crippen molar-refractivity contribution in [3.63, 3.8) is 0 Å². The molecule has 2 aliphatic heterocycles. The Kier molecular flexibility index (Phi) is 6.95. The van der Waals surface area contributed by atoms with Crippen LogP contribution >= 0.6 is 0 Å². The zero-order valence-corrected chi connectivity index (χ0v) is 21.9. The average molecular weight is 514 g/mol. The minimum Gasteiger partial charge on any atom is -0.408 e. The second kappa shape index (κ2) is 10.0. The summed E-state index contributed by atoms with van der Waals surface area (Å²) < 4.78 is 27.2. The van der Waals surface area contributed by atoms with Crippen molar-refractivity contribution >= 4 is 28.6 Å². The van der Waals surface area contributed by atoms with Gasteiger partial charge in [-0.3, -0.25) is 9.47 Å². The van der Waals surface area contributed by atoms with Gasteiger partial charge in [0.2, 0.25) is 5.95 Å². The van der Waals surface area contributed by atoms with Crippen LogP contribution in [-0.2, 0) is 11.3 Å². The van der Waals surface area contributed by atoms with Crippen LogP contribution in [0.2, 0.25) is 0 Å². The number of morpholine rings is 1. The third-order valence-corrected chi connectivity index (χ3v) is 6.94. The Morgan fingerprint density at radius 2 is 1.86 bits per heavy atom. The highest BCUT2D eigenvalue weighted by atomic mass is 19.1. The lowest BCUT2D eigenvalue weighted by Gasteiger charge is -2.46. The molecule has 0 amide bonds. The summed E-state index contributed by atoms with van der Waals surface area (Å²) in [6, 6.07) is 5.47. The normalized spacial score (nSPS) is 20.2. The molecule has 2 aliphatic rings. The maximum Gasteiger partial charge on any atom is 0.419 e. The van der Waals surface area contributed by atoms with Gasteiger partial charge in [-0.05, 0) is 52.7 Å². The molecule has 0 saturated carbocycles. The van der Waals surface area contributed by atoms with Gasteiger partial charge in [-0.2, -0.15) is 4.98 Å². The number of anilines is 3. The molecule has 200 valence electrons. The van der Waals surface area contributed by atoms with Crippen LogP contribution in [0.25, 0.3) is 11.1 Å². The van der Waals surface area contributed by atoms with Crippen LogP contribution in [0, 0.1) is 5.82 Å². The van der Waals surface area contributed by atoms with E-state index in [1.807, 2.05) is 12.1 Å². The number of rotatable bonds is 7.